The van der Waals surface area contributed by atoms with Gasteiger partial charge in [0, 0.05) is 13.6 Å². The summed E-state index contributed by atoms with van der Waals surface area (Å²) in [5.41, 5.74) is -1.97. The highest BCUT2D eigenvalue weighted by molar-refractivity contribution is 6.08. The molecule has 1 aliphatic heterocycles. The van der Waals surface area contributed by atoms with E-state index < -0.39 is 29.0 Å². The molecule has 0 aromatic heterocycles. The number of likely N-dealkylation sites (N-methyl/N-ethyl adjacent to an activating group) is 1. The molecule has 1 unspecified atom stereocenters. The number of carbonyl (C=O) groups is 3. The van der Waals surface area contributed by atoms with Crippen LogP contribution in [0.1, 0.15) is 34.1 Å². The summed E-state index contributed by atoms with van der Waals surface area (Å²) in [6, 6.07) is -0.552. The van der Waals surface area contributed by atoms with Gasteiger partial charge in [0.2, 0.25) is 5.91 Å². The topological polar surface area (TPSA) is 90.0 Å². The van der Waals surface area contributed by atoms with E-state index in [0.717, 1.165) is 4.90 Å². The molecule has 0 aromatic carbocycles. The molecule has 7 heteroatoms. The summed E-state index contributed by atoms with van der Waals surface area (Å²) in [7, 11) is 1.53. The van der Waals surface area contributed by atoms with E-state index in [0.29, 0.717) is 6.42 Å². The maximum absolute atomic E-state index is 12.1. The summed E-state index contributed by atoms with van der Waals surface area (Å²) in [4.78, 5) is 38.2. The van der Waals surface area contributed by atoms with Crippen LogP contribution in [0.4, 0.5) is 4.79 Å². The van der Waals surface area contributed by atoms with E-state index in [2.05, 4.69) is 5.32 Å². The Bertz CT molecular complexity index is 430. The number of nitrogens with zero attached hydrogens (tertiary/aromatic N) is 2. The predicted octanol–water partition coefficient (Wildman–Crippen LogP) is -0.0638. The van der Waals surface area contributed by atoms with Crippen LogP contribution < -0.4 is 5.32 Å². The smallest absolute Gasteiger partial charge is 0.325 e. The molecule has 4 amide bonds. The van der Waals surface area contributed by atoms with Crippen molar-refractivity contribution in [2.75, 3.05) is 20.1 Å². The van der Waals surface area contributed by atoms with Gasteiger partial charge in [-0.3, -0.25) is 14.5 Å². The van der Waals surface area contributed by atoms with E-state index >= 15 is 0 Å². The normalized spacial score (nSPS) is 23.0. The molecule has 1 aliphatic rings. The monoisotopic (exact) mass is 285 g/mol. The Balaban J connectivity index is 2.72. The van der Waals surface area contributed by atoms with Crippen molar-refractivity contribution in [3.8, 4) is 0 Å². The third kappa shape index (κ3) is 3.47. The van der Waals surface area contributed by atoms with Crippen LogP contribution in [0.5, 0.6) is 0 Å². The minimum atomic E-state index is -1.03. The van der Waals surface area contributed by atoms with Gasteiger partial charge in [-0.05, 0) is 27.2 Å². The highest BCUT2D eigenvalue weighted by Gasteiger charge is 2.47. The van der Waals surface area contributed by atoms with Crippen molar-refractivity contribution in [3.63, 3.8) is 0 Å². The third-order valence-corrected chi connectivity index (χ3v) is 3.40. The summed E-state index contributed by atoms with van der Waals surface area (Å²) in [6.45, 7) is 6.41. The molecule has 0 aliphatic carbocycles. The average Bonchev–Trinajstić information content (AvgIpc) is 2.51. The molecule has 0 aromatic rings. The SMILES string of the molecule is CCC1(C)NC(=O)N(CC(=O)N(C)CC(C)(C)O)C1=O. The summed E-state index contributed by atoms with van der Waals surface area (Å²) >= 11 is 0. The number of carbonyl (C=O) groups excluding carboxylic acids is 3. The zero-order valence-electron chi connectivity index (χ0n) is 12.7. The highest BCUT2D eigenvalue weighted by atomic mass is 16.3. The predicted molar refractivity (Wildman–Crippen MR) is 72.9 cm³/mol. The lowest BCUT2D eigenvalue weighted by atomic mass is 9.99. The standard InChI is InChI=1S/C13H23N3O4/c1-6-13(4)10(18)16(11(19)14-13)7-9(17)15(5)8-12(2,3)20/h20H,6-8H2,1-5H3,(H,14,19). The van der Waals surface area contributed by atoms with Gasteiger partial charge in [0.25, 0.3) is 5.91 Å². The van der Waals surface area contributed by atoms with Crippen LogP contribution in [0.2, 0.25) is 0 Å². The van der Waals surface area contributed by atoms with Crippen LogP contribution in [0.25, 0.3) is 0 Å². The van der Waals surface area contributed by atoms with Crippen molar-refractivity contribution in [1.82, 2.24) is 15.1 Å². The second-order valence-electron chi connectivity index (χ2n) is 6.07. The molecule has 114 valence electrons. The lowest BCUT2D eigenvalue weighted by molar-refractivity contribution is -0.139. The third-order valence-electron chi connectivity index (χ3n) is 3.40. The largest absolute Gasteiger partial charge is 0.389 e. The van der Waals surface area contributed by atoms with E-state index in [1.54, 1.807) is 27.7 Å². The summed E-state index contributed by atoms with van der Waals surface area (Å²) in [6.07, 6.45) is 0.460. The summed E-state index contributed by atoms with van der Waals surface area (Å²) in [5, 5.41) is 12.3. The lowest BCUT2D eigenvalue weighted by Gasteiger charge is -2.27. The van der Waals surface area contributed by atoms with Crippen LogP contribution in [0.3, 0.4) is 0 Å². The first-order valence-corrected chi connectivity index (χ1v) is 6.60. The first-order chi connectivity index (χ1) is 9.00. The number of rotatable bonds is 5. The molecule has 0 spiro atoms. The van der Waals surface area contributed by atoms with Gasteiger partial charge in [-0.2, -0.15) is 0 Å². The molecule has 1 saturated heterocycles. The van der Waals surface area contributed by atoms with E-state index in [4.69, 9.17) is 0 Å². The van der Waals surface area contributed by atoms with Gasteiger partial charge in [-0.15, -0.1) is 0 Å². The fourth-order valence-electron chi connectivity index (χ4n) is 2.05. The van der Waals surface area contributed by atoms with Crippen molar-refractivity contribution in [2.45, 2.75) is 45.3 Å². The Hall–Kier alpha value is -1.63. The Labute approximate surface area is 118 Å². The maximum atomic E-state index is 12.1. The molecule has 1 rings (SSSR count). The van der Waals surface area contributed by atoms with E-state index in [-0.39, 0.29) is 13.1 Å². The number of amides is 4. The van der Waals surface area contributed by atoms with E-state index in [1.165, 1.54) is 11.9 Å². The number of nitrogens with one attached hydrogen (secondary N) is 1. The second kappa shape index (κ2) is 5.40. The zero-order chi connectivity index (χ0) is 15.7. The molecule has 20 heavy (non-hydrogen) atoms. The number of aliphatic hydroxyl groups is 1. The van der Waals surface area contributed by atoms with Crippen molar-refractivity contribution in [2.24, 2.45) is 0 Å². The van der Waals surface area contributed by atoms with Crippen LogP contribution in [-0.2, 0) is 9.59 Å². The minimum absolute atomic E-state index is 0.126. The summed E-state index contributed by atoms with van der Waals surface area (Å²) in [5.74, 6) is -0.786. The van der Waals surface area contributed by atoms with Crippen molar-refractivity contribution in [3.05, 3.63) is 0 Å². The summed E-state index contributed by atoms with van der Waals surface area (Å²) < 4.78 is 0. The van der Waals surface area contributed by atoms with Gasteiger partial charge >= 0.3 is 6.03 Å². The lowest BCUT2D eigenvalue weighted by Crippen LogP contribution is -2.47. The molecule has 0 bridgehead atoms. The molecule has 0 radical (unpaired) electrons. The molecule has 0 saturated carbocycles. The fraction of sp³-hybridized carbons (Fsp3) is 0.769. The van der Waals surface area contributed by atoms with Gasteiger partial charge in [0.05, 0.1) is 5.60 Å². The average molecular weight is 285 g/mol. The molecular weight excluding hydrogens is 262 g/mol. The number of hydrogen-bond donors (Lipinski definition) is 2. The van der Waals surface area contributed by atoms with Gasteiger partial charge in [-0.25, -0.2) is 4.79 Å². The van der Waals surface area contributed by atoms with E-state index in [1.807, 2.05) is 0 Å². The van der Waals surface area contributed by atoms with Gasteiger partial charge in [0.15, 0.2) is 0 Å². The van der Waals surface area contributed by atoms with Crippen LogP contribution in [0, 0.1) is 0 Å². The quantitative estimate of drug-likeness (QED) is 0.692. The Morgan fingerprint density at radius 2 is 2.00 bits per heavy atom. The molecular formula is C13H23N3O4. The zero-order valence-corrected chi connectivity index (χ0v) is 12.7. The number of hydrogen-bond acceptors (Lipinski definition) is 4. The molecule has 2 N–H and O–H groups in total. The van der Waals surface area contributed by atoms with Gasteiger partial charge in [0.1, 0.15) is 12.1 Å². The van der Waals surface area contributed by atoms with Gasteiger partial charge in [-0.1, -0.05) is 6.92 Å². The van der Waals surface area contributed by atoms with Gasteiger partial charge < -0.3 is 15.3 Å². The van der Waals surface area contributed by atoms with Crippen LogP contribution in [0.15, 0.2) is 0 Å². The minimum Gasteiger partial charge on any atom is -0.389 e. The molecule has 1 fully saturated rings. The van der Waals surface area contributed by atoms with Crippen molar-refractivity contribution in [1.29, 1.82) is 0 Å². The van der Waals surface area contributed by atoms with Crippen molar-refractivity contribution < 1.29 is 19.5 Å². The van der Waals surface area contributed by atoms with Crippen LogP contribution in [-0.4, -0.2) is 64.0 Å². The van der Waals surface area contributed by atoms with Crippen LogP contribution >= 0.6 is 0 Å². The maximum Gasteiger partial charge on any atom is 0.325 e. The number of urea groups is 1. The number of imide groups is 1. The van der Waals surface area contributed by atoms with Crippen molar-refractivity contribution >= 4 is 17.8 Å². The molecule has 1 atom stereocenters. The first-order valence-electron chi connectivity index (χ1n) is 6.60. The fourth-order valence-corrected chi connectivity index (χ4v) is 2.05. The Morgan fingerprint density at radius 3 is 2.40 bits per heavy atom. The second-order valence-corrected chi connectivity index (χ2v) is 6.07. The Kier molecular flexibility index (Phi) is 4.43. The highest BCUT2D eigenvalue weighted by Crippen LogP contribution is 2.20. The Morgan fingerprint density at radius 1 is 1.45 bits per heavy atom. The van der Waals surface area contributed by atoms with E-state index in [9.17, 15) is 19.5 Å². The first kappa shape index (κ1) is 16.4. The molecule has 1 heterocycles. The molecule has 7 nitrogen and oxygen atoms in total.